The minimum Gasteiger partial charge on any atom is -0.479 e. The van der Waals surface area contributed by atoms with Gasteiger partial charge in [0.2, 0.25) is 0 Å². The van der Waals surface area contributed by atoms with Crippen molar-refractivity contribution >= 4 is 17.9 Å². The minimum atomic E-state index is -2.15. The Hall–Kier alpha value is -3.21. The predicted octanol–water partition coefficient (Wildman–Crippen LogP) is 0.141. The summed E-state index contributed by atoms with van der Waals surface area (Å²) in [7, 11) is 0. The van der Waals surface area contributed by atoms with Gasteiger partial charge in [-0.2, -0.15) is 0 Å². The Morgan fingerprint density at radius 2 is 1.26 bits per heavy atom. The molecule has 5 aliphatic carbocycles. The number of carboxylic acids is 1. The number of rotatable bonds is 18. The second-order valence-electron chi connectivity index (χ2n) is 30.0. The maximum absolute atomic E-state index is 13.4. The lowest BCUT2D eigenvalue weighted by molar-refractivity contribution is -0.386. The lowest BCUT2D eigenvalue weighted by atomic mass is 9.32. The van der Waals surface area contributed by atoms with E-state index >= 15 is 0 Å². The average Bonchev–Trinajstić information content (AvgIpc) is 0.833. The summed E-state index contributed by atoms with van der Waals surface area (Å²) in [5.41, 5.74) is -4.32. The third-order valence-electron chi connectivity index (χ3n) is 24.5. The monoisotopic (exact) mass is 1330 g/mol. The van der Waals surface area contributed by atoms with Crippen molar-refractivity contribution in [3.8, 4) is 0 Å². The summed E-state index contributed by atoms with van der Waals surface area (Å²) in [6.45, 7) is 21.5. The predicted molar refractivity (Wildman–Crippen MR) is 322 cm³/mol. The van der Waals surface area contributed by atoms with Crippen molar-refractivity contribution in [3.63, 3.8) is 0 Å². The molecular weight excluding hydrogens is 1220 g/mol. The van der Waals surface area contributed by atoms with Crippen LogP contribution in [0.1, 0.15) is 135 Å². The Kier molecular flexibility index (Phi) is 21.9. The molecule has 4 saturated carbocycles. The Bertz CT molecular complexity index is 2770. The Balaban J connectivity index is 1.05. The number of fused-ring (bicyclic) bond motifs is 7. The number of allylic oxidation sites excluding steroid dienone is 3. The standard InChI is InChI=1S/C66H104O27/c1-14-27(3)56(82)89-48-42(73)34(84-29(5)47(48)85-30(6)70)22-32-54(93-57(83)28(4)15-2)66(26-69)33(23-61(32,7)8)31-16-17-38-63(11)20-19-39(62(9,10)37(63)18-21-64(38,12)65(31,13)52(78)53(66)79)88-60-51(92-59-45(76)43(74)40(71)35(24-67)86-59)49(46(77)50(91-60)55(80)81)90-58-44(75)41(72)36(25-68)87-58/h14-16,29,32-54,57-60,67-69,71-79,83H,17-26H2,1-13H3,(H,80,81)/b27-14-,28-15-/t29?,32-,33?,34-,35?,36+,37?,38?,39-,40-,41-,42?,43-,44?,45?,46+,47-,48+,49-,50?,51?,52-,53+,54-,57?,58-,59-,60+,63-,64+,65-,66-/m0/s1. The van der Waals surface area contributed by atoms with Gasteiger partial charge in [-0.25, -0.2) is 9.59 Å². The summed E-state index contributed by atoms with van der Waals surface area (Å²) in [4.78, 5) is 38.8. The molecule has 0 aromatic heterocycles. The van der Waals surface area contributed by atoms with Gasteiger partial charge in [0.15, 0.2) is 43.5 Å². The van der Waals surface area contributed by atoms with Crippen molar-refractivity contribution in [1.29, 1.82) is 0 Å². The number of aliphatic hydroxyl groups excluding tert-OH is 13. The van der Waals surface area contributed by atoms with Crippen LogP contribution in [0.4, 0.5) is 0 Å². The minimum absolute atomic E-state index is 0.0342. The van der Waals surface area contributed by atoms with Crippen LogP contribution in [-0.4, -0.2) is 256 Å². The van der Waals surface area contributed by atoms with Crippen molar-refractivity contribution in [1.82, 2.24) is 0 Å². The molecule has 27 heteroatoms. The Morgan fingerprint density at radius 3 is 1.83 bits per heavy atom. The van der Waals surface area contributed by atoms with Crippen molar-refractivity contribution < 1.29 is 133 Å². The van der Waals surface area contributed by atoms with Crippen LogP contribution in [0.15, 0.2) is 34.9 Å². The van der Waals surface area contributed by atoms with Crippen molar-refractivity contribution in [2.75, 3.05) is 19.8 Å². The van der Waals surface area contributed by atoms with Gasteiger partial charge in [-0.15, -0.1) is 0 Å². The number of aliphatic carboxylic acids is 1. The third-order valence-corrected chi connectivity index (χ3v) is 24.5. The summed E-state index contributed by atoms with van der Waals surface area (Å²) in [5, 5.41) is 160. The average molecular weight is 1330 g/mol. The first-order valence-corrected chi connectivity index (χ1v) is 32.9. The van der Waals surface area contributed by atoms with Gasteiger partial charge < -0.3 is 119 Å². The van der Waals surface area contributed by atoms with Gasteiger partial charge in [0.1, 0.15) is 67.1 Å². The van der Waals surface area contributed by atoms with Gasteiger partial charge in [0.25, 0.3) is 0 Å². The molecule has 4 saturated heterocycles. The molecule has 14 N–H and O–H groups in total. The smallest absolute Gasteiger partial charge is 0.335 e. The van der Waals surface area contributed by atoms with E-state index in [1.807, 2.05) is 34.6 Å². The molecule has 530 valence electrons. The first kappa shape index (κ1) is 74.0. The van der Waals surface area contributed by atoms with E-state index in [0.717, 1.165) is 5.57 Å². The van der Waals surface area contributed by atoms with E-state index in [-0.39, 0.29) is 30.3 Å². The van der Waals surface area contributed by atoms with Crippen LogP contribution in [0.25, 0.3) is 0 Å². The zero-order chi connectivity index (χ0) is 68.9. The van der Waals surface area contributed by atoms with Crippen molar-refractivity contribution in [2.24, 2.45) is 56.2 Å². The second-order valence-corrected chi connectivity index (χ2v) is 30.0. The highest BCUT2D eigenvalue weighted by molar-refractivity contribution is 5.87. The maximum atomic E-state index is 13.4. The van der Waals surface area contributed by atoms with Gasteiger partial charge in [0, 0.05) is 17.9 Å². The lowest BCUT2D eigenvalue weighted by Gasteiger charge is -2.74. The van der Waals surface area contributed by atoms with Crippen molar-refractivity contribution in [2.45, 2.75) is 282 Å². The number of esters is 2. The molecule has 0 radical (unpaired) electrons. The van der Waals surface area contributed by atoms with E-state index in [1.165, 1.54) is 6.92 Å². The summed E-state index contributed by atoms with van der Waals surface area (Å²) < 4.78 is 61.5. The van der Waals surface area contributed by atoms with Crippen LogP contribution >= 0.6 is 0 Å². The van der Waals surface area contributed by atoms with Crippen LogP contribution in [0, 0.1) is 56.2 Å². The molecule has 4 aliphatic heterocycles. The summed E-state index contributed by atoms with van der Waals surface area (Å²) in [6, 6.07) is 0. The number of carbonyl (C=O) groups is 3. The fourth-order valence-electron chi connectivity index (χ4n) is 18.7. The number of carboxylic acid groups (broad SMARTS) is 1. The maximum Gasteiger partial charge on any atom is 0.335 e. The number of ether oxygens (including phenoxy) is 10. The molecule has 9 aliphatic rings. The van der Waals surface area contributed by atoms with Gasteiger partial charge in [-0.05, 0) is 130 Å². The van der Waals surface area contributed by atoms with E-state index in [9.17, 15) is 85.9 Å². The van der Waals surface area contributed by atoms with E-state index in [1.54, 1.807) is 46.8 Å². The molecule has 0 aromatic carbocycles. The molecule has 11 unspecified atom stereocenters. The Morgan fingerprint density at radius 1 is 0.656 bits per heavy atom. The topological polar surface area (TPSA) is 427 Å². The number of aliphatic hydroxyl groups is 13. The highest BCUT2D eigenvalue weighted by Gasteiger charge is 2.76. The highest BCUT2D eigenvalue weighted by atomic mass is 16.8. The van der Waals surface area contributed by atoms with Crippen LogP contribution in [0.3, 0.4) is 0 Å². The van der Waals surface area contributed by atoms with Crippen molar-refractivity contribution in [3.05, 3.63) is 34.9 Å². The van der Waals surface area contributed by atoms with Gasteiger partial charge >= 0.3 is 17.9 Å². The molecule has 27 nitrogen and oxygen atoms in total. The quantitative estimate of drug-likeness (QED) is 0.0285. The first-order valence-electron chi connectivity index (χ1n) is 32.9. The van der Waals surface area contributed by atoms with Gasteiger partial charge in [-0.3, -0.25) is 4.79 Å². The third kappa shape index (κ3) is 12.3. The molecule has 0 bridgehead atoms. The fourth-order valence-corrected chi connectivity index (χ4v) is 18.7. The summed E-state index contributed by atoms with van der Waals surface area (Å²) in [6.07, 6.45) is -30.8. The molecule has 0 aromatic rings. The van der Waals surface area contributed by atoms with E-state index in [2.05, 4.69) is 19.9 Å². The largest absolute Gasteiger partial charge is 0.479 e. The normalized spacial score (nSPS) is 49.2. The molecule has 0 spiro atoms. The zero-order valence-corrected chi connectivity index (χ0v) is 55.5. The van der Waals surface area contributed by atoms with E-state index in [4.69, 9.17) is 47.4 Å². The first-order chi connectivity index (χ1) is 43.4. The molecule has 8 fully saturated rings. The molecular formula is C66H104O27. The Labute approximate surface area is 542 Å². The second kappa shape index (κ2) is 27.5. The van der Waals surface area contributed by atoms with Gasteiger partial charge in [0.05, 0.1) is 61.9 Å². The fraction of sp³-hybridized carbons (Fsp3) is 0.864. The zero-order valence-electron chi connectivity index (χ0n) is 55.5. The van der Waals surface area contributed by atoms with Crippen LogP contribution in [0.2, 0.25) is 0 Å². The number of carbonyl (C=O) groups excluding carboxylic acids is 2. The highest BCUT2D eigenvalue weighted by Crippen LogP contribution is 2.76. The van der Waals surface area contributed by atoms with Crippen LogP contribution in [0.5, 0.6) is 0 Å². The molecule has 0 amide bonds. The number of hydrogen-bond acceptors (Lipinski definition) is 26. The molecule has 93 heavy (non-hydrogen) atoms. The van der Waals surface area contributed by atoms with Crippen LogP contribution in [-0.2, 0) is 61.8 Å². The molecule has 9 rings (SSSR count). The van der Waals surface area contributed by atoms with E-state index in [0.29, 0.717) is 37.7 Å². The van der Waals surface area contributed by atoms with Crippen LogP contribution < -0.4 is 0 Å². The van der Waals surface area contributed by atoms with Gasteiger partial charge in [-0.1, -0.05) is 72.3 Å². The lowest BCUT2D eigenvalue weighted by Crippen LogP contribution is -2.76. The number of hydrogen-bond donors (Lipinski definition) is 14. The summed E-state index contributed by atoms with van der Waals surface area (Å²) >= 11 is 0. The van der Waals surface area contributed by atoms with E-state index < -0.39 is 229 Å². The summed E-state index contributed by atoms with van der Waals surface area (Å²) in [5.74, 6) is -4.91. The molecule has 32 atom stereocenters. The molecule has 4 heterocycles. The SMILES string of the molecule is C/C=C(/C)C(=O)O[C@@H]1C(O)[C@H](C[C@H]2[C@H](OC(O)/C(C)=C\C)[C@@]3(CO)C(CC2(C)C)C2=CCC4[C@@]5(C)CC[C@H](O[C@@H]6OC(C(=O)O)[C@H](O)[C@H](O[C@@H]7O[C@H](CO)[C@H](O)C7O)C6O[C@@H]6OC(CO)[C@H](O)[C@H](O)C6O)C(C)(C)C5CC[C@@]4(C)[C@]2(C)[C@@H](O)[C@H]3O)OC(C)[C@@H]1OC(C)=O.